The molecular weight excluding hydrogens is 526 g/mol. The van der Waals surface area contributed by atoms with Crippen molar-refractivity contribution in [1.82, 2.24) is 10.2 Å². The number of nitrogens with zero attached hydrogens (tertiary/aromatic N) is 1. The van der Waals surface area contributed by atoms with E-state index in [4.69, 9.17) is 4.74 Å². The number of carbonyl (C=O) groups excluding carboxylic acids is 3. The maximum atomic E-state index is 14.1. The highest BCUT2D eigenvalue weighted by Crippen LogP contribution is 2.29. The molecule has 3 N–H and O–H groups in total. The van der Waals surface area contributed by atoms with Crippen molar-refractivity contribution in [2.24, 2.45) is 0 Å². The van der Waals surface area contributed by atoms with Crippen LogP contribution in [-0.4, -0.2) is 51.9 Å². The molecule has 0 spiro atoms. The van der Waals surface area contributed by atoms with E-state index in [0.29, 0.717) is 17.7 Å². The van der Waals surface area contributed by atoms with E-state index in [1.807, 2.05) is 32.0 Å². The van der Waals surface area contributed by atoms with Crippen molar-refractivity contribution in [3.05, 3.63) is 59.2 Å². The Kier molecular flexibility index (Phi) is 12.8. The number of unbranched alkanes of at least 4 members (excludes halogenated alkanes) is 4. The van der Waals surface area contributed by atoms with Gasteiger partial charge in [-0.2, -0.15) is 12.6 Å². The van der Waals surface area contributed by atoms with Gasteiger partial charge in [-0.05, 0) is 69.9 Å². The molecule has 40 heavy (non-hydrogen) atoms. The number of aromatic hydroxyl groups is 1. The Morgan fingerprint density at radius 2 is 1.62 bits per heavy atom. The van der Waals surface area contributed by atoms with E-state index in [1.54, 1.807) is 32.9 Å². The van der Waals surface area contributed by atoms with Crippen molar-refractivity contribution in [2.75, 3.05) is 17.6 Å². The number of thiol groups is 1. The second-order valence-electron chi connectivity index (χ2n) is 11.1. The summed E-state index contributed by atoms with van der Waals surface area (Å²) < 4.78 is 5.37. The average molecular weight is 572 g/mol. The van der Waals surface area contributed by atoms with Crippen LogP contribution in [0.25, 0.3) is 0 Å². The molecule has 9 heteroatoms. The van der Waals surface area contributed by atoms with Crippen LogP contribution in [0.15, 0.2) is 42.5 Å². The predicted molar refractivity (Wildman–Crippen MR) is 163 cm³/mol. The van der Waals surface area contributed by atoms with E-state index in [2.05, 4.69) is 30.2 Å². The lowest BCUT2D eigenvalue weighted by Crippen LogP contribution is -2.53. The number of carbonyl (C=O) groups is 3. The van der Waals surface area contributed by atoms with E-state index in [1.165, 1.54) is 17.0 Å². The Balaban J connectivity index is 2.50. The van der Waals surface area contributed by atoms with Crippen LogP contribution in [0.2, 0.25) is 0 Å². The van der Waals surface area contributed by atoms with Crippen LogP contribution >= 0.6 is 12.6 Å². The van der Waals surface area contributed by atoms with E-state index in [-0.39, 0.29) is 18.0 Å². The number of ether oxygens (including phenoxy) is 1. The molecule has 0 heterocycles. The largest absolute Gasteiger partial charge is 0.508 e. The summed E-state index contributed by atoms with van der Waals surface area (Å²) in [6.07, 6.45) is 3.98. The molecule has 0 aliphatic carbocycles. The number of hydrogen-bond acceptors (Lipinski definition) is 6. The summed E-state index contributed by atoms with van der Waals surface area (Å²) in [6, 6.07) is 10.00. The molecule has 2 unspecified atom stereocenters. The van der Waals surface area contributed by atoms with E-state index in [9.17, 15) is 19.5 Å². The highest BCUT2D eigenvalue weighted by atomic mass is 32.1. The third kappa shape index (κ3) is 10.1. The van der Waals surface area contributed by atoms with Crippen LogP contribution in [-0.2, 0) is 14.3 Å². The first-order valence-electron chi connectivity index (χ1n) is 13.9. The number of rotatable bonds is 13. The molecule has 0 saturated carbocycles. The zero-order valence-electron chi connectivity index (χ0n) is 24.6. The normalized spacial score (nSPS) is 12.8. The van der Waals surface area contributed by atoms with Gasteiger partial charge in [0.2, 0.25) is 5.91 Å². The molecule has 2 aromatic rings. The van der Waals surface area contributed by atoms with Crippen LogP contribution in [0.4, 0.5) is 10.5 Å². The number of alkyl carbamates (subject to hydrolysis) is 1. The number of aryl methyl sites for hydroxylation is 2. The number of para-hydroxylation sites is 1. The summed E-state index contributed by atoms with van der Waals surface area (Å²) in [5.74, 6) is -0.882. The van der Waals surface area contributed by atoms with Crippen molar-refractivity contribution >= 4 is 36.2 Å². The zero-order valence-corrected chi connectivity index (χ0v) is 25.5. The Morgan fingerprint density at radius 3 is 2.20 bits per heavy atom. The van der Waals surface area contributed by atoms with Crippen LogP contribution in [0.1, 0.15) is 82.5 Å². The number of phenols is 1. The van der Waals surface area contributed by atoms with E-state index < -0.39 is 35.6 Å². The molecule has 2 rings (SSSR count). The number of amides is 3. The van der Waals surface area contributed by atoms with Gasteiger partial charge in [0.1, 0.15) is 23.4 Å². The van der Waals surface area contributed by atoms with Gasteiger partial charge >= 0.3 is 6.09 Å². The van der Waals surface area contributed by atoms with Gasteiger partial charge in [-0.3, -0.25) is 9.59 Å². The SMILES string of the molecule is CCCCCCCN(C(=O)C(CS)NC(=O)OC(C)(C)C)C(C(=O)Nc1c(C)cccc1C)c1cccc(O)c1. The van der Waals surface area contributed by atoms with Gasteiger partial charge in [0.05, 0.1) is 0 Å². The van der Waals surface area contributed by atoms with E-state index in [0.717, 1.165) is 36.8 Å². The number of benzene rings is 2. The molecule has 0 bridgehead atoms. The van der Waals surface area contributed by atoms with Gasteiger partial charge in [-0.15, -0.1) is 0 Å². The fourth-order valence-electron chi connectivity index (χ4n) is 4.46. The minimum absolute atomic E-state index is 0.00961. The number of hydrogen-bond donors (Lipinski definition) is 4. The molecule has 2 atom stereocenters. The van der Waals surface area contributed by atoms with Gasteiger partial charge < -0.3 is 25.4 Å². The van der Waals surface area contributed by atoms with Crippen LogP contribution in [0.3, 0.4) is 0 Å². The Morgan fingerprint density at radius 1 is 1.00 bits per heavy atom. The topological polar surface area (TPSA) is 108 Å². The van der Waals surface area contributed by atoms with E-state index >= 15 is 0 Å². The molecule has 0 fully saturated rings. The van der Waals surface area contributed by atoms with Crippen LogP contribution < -0.4 is 10.6 Å². The third-order valence-corrected chi connectivity index (χ3v) is 6.80. The highest BCUT2D eigenvalue weighted by Gasteiger charge is 2.36. The van der Waals surface area contributed by atoms with Crippen LogP contribution in [0.5, 0.6) is 5.75 Å². The molecule has 0 saturated heterocycles. The first-order valence-corrected chi connectivity index (χ1v) is 14.6. The Labute approximate surface area is 244 Å². The first kappa shape index (κ1) is 33.0. The minimum atomic E-state index is -1.06. The molecule has 0 aromatic heterocycles. The summed E-state index contributed by atoms with van der Waals surface area (Å²) >= 11 is 4.35. The van der Waals surface area contributed by atoms with Crippen molar-refractivity contribution in [1.29, 1.82) is 0 Å². The van der Waals surface area contributed by atoms with Crippen molar-refractivity contribution in [3.63, 3.8) is 0 Å². The second kappa shape index (κ2) is 15.6. The van der Waals surface area contributed by atoms with Gasteiger partial charge in [0.25, 0.3) is 5.91 Å². The summed E-state index contributed by atoms with van der Waals surface area (Å²) in [4.78, 5) is 42.1. The Bertz CT molecular complexity index is 1130. The van der Waals surface area contributed by atoms with Crippen molar-refractivity contribution in [2.45, 2.75) is 91.3 Å². The standard InChI is InChI=1S/C31H45N3O5S/c1-7-8-9-10-11-18-34(29(37)25(20-40)32-30(38)39-31(4,5)6)27(23-16-13-17-24(35)19-23)28(36)33-26-21(2)14-12-15-22(26)3/h12-17,19,25,27,35,40H,7-11,18,20H2,1-6H3,(H,32,38)(H,33,36). The Hall–Kier alpha value is -3.20. The zero-order chi connectivity index (χ0) is 29.9. The fraction of sp³-hybridized carbons (Fsp3) is 0.516. The number of nitrogens with one attached hydrogen (secondary N) is 2. The maximum absolute atomic E-state index is 14.1. The second-order valence-corrected chi connectivity index (χ2v) is 11.4. The van der Waals surface area contributed by atoms with Crippen molar-refractivity contribution < 1.29 is 24.2 Å². The number of anilines is 1. The van der Waals surface area contributed by atoms with Crippen molar-refractivity contribution in [3.8, 4) is 5.75 Å². The molecule has 0 radical (unpaired) electrons. The fourth-order valence-corrected chi connectivity index (χ4v) is 4.71. The smallest absolute Gasteiger partial charge is 0.408 e. The van der Waals surface area contributed by atoms with Gasteiger partial charge in [0, 0.05) is 18.0 Å². The summed E-state index contributed by atoms with van der Waals surface area (Å²) in [6.45, 7) is 11.4. The molecule has 8 nitrogen and oxygen atoms in total. The van der Waals surface area contributed by atoms with Gasteiger partial charge in [0.15, 0.2) is 0 Å². The van der Waals surface area contributed by atoms with Gasteiger partial charge in [-0.1, -0.05) is 62.9 Å². The molecule has 220 valence electrons. The highest BCUT2D eigenvalue weighted by molar-refractivity contribution is 7.80. The minimum Gasteiger partial charge on any atom is -0.508 e. The summed E-state index contributed by atoms with van der Waals surface area (Å²) in [5.41, 5.74) is 2.16. The maximum Gasteiger partial charge on any atom is 0.408 e. The molecule has 0 aliphatic rings. The lowest BCUT2D eigenvalue weighted by molar-refractivity contribution is -0.140. The summed E-state index contributed by atoms with van der Waals surface area (Å²) in [5, 5.41) is 15.9. The lowest BCUT2D eigenvalue weighted by Gasteiger charge is -2.34. The summed E-state index contributed by atoms with van der Waals surface area (Å²) in [7, 11) is 0. The number of phenolic OH excluding ortho intramolecular Hbond substituents is 1. The predicted octanol–water partition coefficient (Wildman–Crippen LogP) is 6.31. The lowest BCUT2D eigenvalue weighted by atomic mass is 10.0. The molecular formula is C31H45N3O5S. The quantitative estimate of drug-likeness (QED) is 0.166. The molecule has 2 aromatic carbocycles. The third-order valence-electron chi connectivity index (χ3n) is 6.43. The average Bonchev–Trinajstić information content (AvgIpc) is 2.87. The molecule has 3 amide bonds. The first-order chi connectivity index (χ1) is 18.9. The van der Waals surface area contributed by atoms with Crippen LogP contribution in [0, 0.1) is 13.8 Å². The molecule has 0 aliphatic heterocycles. The monoisotopic (exact) mass is 571 g/mol. The van der Waals surface area contributed by atoms with Gasteiger partial charge in [-0.25, -0.2) is 4.79 Å².